The summed E-state index contributed by atoms with van der Waals surface area (Å²) in [6.45, 7) is 0. The van der Waals surface area contributed by atoms with Crippen LogP contribution in [0.3, 0.4) is 0 Å². The predicted octanol–water partition coefficient (Wildman–Crippen LogP) is 8.85. The van der Waals surface area contributed by atoms with Gasteiger partial charge in [0, 0.05) is 34.7 Å². The molecule has 0 aliphatic heterocycles. The Morgan fingerprint density at radius 3 is 0.898 bits per heavy atom. The number of rotatable bonds is 6. The fourth-order valence-corrected chi connectivity index (χ4v) is 10.8. The van der Waals surface area contributed by atoms with Gasteiger partial charge in [-0.05, 0) is 51.6 Å². The number of nitrogens with zero attached hydrogens (tertiary/aromatic N) is 3. The molecule has 0 saturated heterocycles. The normalized spacial score (nSPS) is 11.3. The van der Waals surface area contributed by atoms with Gasteiger partial charge in [0.25, 0.3) is 0 Å². The molecular weight excluding hydrogens is 609 g/mol. The molecule has 9 aromatic rings. The summed E-state index contributed by atoms with van der Waals surface area (Å²) in [5, 5.41) is 3.46. The molecule has 6 aromatic carbocycles. The minimum absolute atomic E-state index is 1.04. The Kier molecular flexibility index (Phi) is 7.52. The summed E-state index contributed by atoms with van der Waals surface area (Å²) in [5.74, 6) is 0. The highest BCUT2D eigenvalue weighted by atomic mass is 27.2. The van der Waals surface area contributed by atoms with Gasteiger partial charge in [0.1, 0.15) is 0 Å². The first kappa shape index (κ1) is 29.2. The summed E-state index contributed by atoms with van der Waals surface area (Å²) in [6.07, 6.45) is 5.78. The van der Waals surface area contributed by atoms with Crippen molar-refractivity contribution in [3.8, 4) is 33.4 Å². The zero-order valence-corrected chi connectivity index (χ0v) is 27.9. The average Bonchev–Trinajstić information content (AvgIpc) is 3.19. The highest BCUT2D eigenvalue weighted by Gasteiger charge is 2.33. The molecule has 3 aromatic heterocycles. The van der Waals surface area contributed by atoms with Crippen molar-refractivity contribution in [2.45, 2.75) is 0 Å². The Bertz CT molecular complexity index is 2310. The van der Waals surface area contributed by atoms with Gasteiger partial charge in [-0.15, -0.1) is 0 Å². The van der Waals surface area contributed by atoms with E-state index < -0.39 is 14.1 Å². The van der Waals surface area contributed by atoms with Gasteiger partial charge in [0.2, 0.25) is 0 Å². The van der Waals surface area contributed by atoms with Crippen LogP contribution in [0.25, 0.3) is 66.1 Å². The van der Waals surface area contributed by atoms with E-state index in [0.29, 0.717) is 0 Å². The largest absolute Gasteiger partial charge is 0.393 e. The van der Waals surface area contributed by atoms with Crippen LogP contribution in [0.4, 0.5) is 0 Å². The van der Waals surface area contributed by atoms with Crippen molar-refractivity contribution < 1.29 is 0 Å². The minimum atomic E-state index is -2.29. The lowest BCUT2D eigenvalue weighted by molar-refractivity contribution is 1.41. The standard InChI is InChI=1S/3C15H10N.Al/c3*1-2-6-12(7-3-1)13-8-4-10-15-14(13)9-5-11-16-15;/h3*1-9,11H;. The lowest BCUT2D eigenvalue weighted by atomic mass is 10.0. The van der Waals surface area contributed by atoms with E-state index in [1.807, 2.05) is 36.8 Å². The van der Waals surface area contributed by atoms with E-state index in [0.717, 1.165) is 32.7 Å². The number of hydrogen-bond acceptors (Lipinski definition) is 3. The summed E-state index contributed by atoms with van der Waals surface area (Å²) < 4.78 is 3.78. The third kappa shape index (κ3) is 5.19. The SMILES string of the molecule is c1ccc(-c2cc[c]([Al]([c]3ccc(-c4ccccc4)c4cccnc34)[c]3ccc(-c4ccccc4)c4cccnc34)c3ncccc23)cc1. The average molecular weight is 640 g/mol. The van der Waals surface area contributed by atoms with E-state index in [4.69, 9.17) is 15.0 Å². The molecule has 0 fully saturated rings. The Hall–Kier alpha value is -5.92. The van der Waals surface area contributed by atoms with Gasteiger partial charge in [-0.3, -0.25) is 15.0 Å². The molecule has 0 bridgehead atoms. The van der Waals surface area contributed by atoms with Crippen molar-refractivity contribution in [2.24, 2.45) is 0 Å². The van der Waals surface area contributed by atoms with Crippen molar-refractivity contribution >= 4 is 60.1 Å². The van der Waals surface area contributed by atoms with Gasteiger partial charge in [-0.25, -0.2) is 0 Å². The van der Waals surface area contributed by atoms with Crippen LogP contribution in [0.15, 0.2) is 182 Å². The van der Waals surface area contributed by atoms with Gasteiger partial charge >= 0.3 is 14.1 Å². The Balaban J connectivity index is 1.36. The summed E-state index contributed by atoms with van der Waals surface area (Å²) in [7, 11) is 0. The summed E-state index contributed by atoms with van der Waals surface area (Å²) >= 11 is -2.29. The van der Waals surface area contributed by atoms with Crippen LogP contribution in [-0.2, 0) is 0 Å². The molecule has 0 aliphatic carbocycles. The Morgan fingerprint density at radius 1 is 0.286 bits per heavy atom. The smallest absolute Gasteiger partial charge is 0.257 e. The maximum atomic E-state index is 5.12. The molecule has 0 saturated carbocycles. The molecule has 0 N–H and O–H groups in total. The molecule has 0 radical (unpaired) electrons. The van der Waals surface area contributed by atoms with E-state index in [2.05, 4.69) is 146 Å². The molecule has 0 unspecified atom stereocenters. The van der Waals surface area contributed by atoms with Crippen LogP contribution in [0.5, 0.6) is 0 Å². The Morgan fingerprint density at radius 2 is 0.592 bits per heavy atom. The van der Waals surface area contributed by atoms with Crippen LogP contribution in [-0.4, -0.2) is 29.1 Å². The van der Waals surface area contributed by atoms with Crippen molar-refractivity contribution in [2.75, 3.05) is 0 Å². The molecule has 9 rings (SSSR count). The second kappa shape index (κ2) is 12.6. The third-order valence-corrected chi connectivity index (χ3v) is 12.9. The fourth-order valence-electron chi connectivity index (χ4n) is 7.39. The number of hydrogen-bond donors (Lipinski definition) is 0. The molecule has 228 valence electrons. The van der Waals surface area contributed by atoms with Crippen LogP contribution in [0, 0.1) is 0 Å². The first-order valence-electron chi connectivity index (χ1n) is 16.6. The maximum absolute atomic E-state index is 5.12. The van der Waals surface area contributed by atoms with Crippen molar-refractivity contribution in [3.63, 3.8) is 0 Å². The van der Waals surface area contributed by atoms with Gasteiger partial charge in [-0.2, -0.15) is 0 Å². The fraction of sp³-hybridized carbons (Fsp3) is 0. The van der Waals surface area contributed by atoms with Crippen LogP contribution in [0.1, 0.15) is 0 Å². The number of pyridine rings is 3. The van der Waals surface area contributed by atoms with E-state index in [9.17, 15) is 0 Å². The second-order valence-corrected chi connectivity index (χ2v) is 15.1. The molecule has 0 atom stereocenters. The van der Waals surface area contributed by atoms with Crippen LogP contribution >= 0.6 is 0 Å². The minimum Gasteiger partial charge on any atom is -0.257 e. The molecule has 0 amide bonds. The zero-order chi connectivity index (χ0) is 32.6. The number of benzene rings is 6. The highest BCUT2D eigenvalue weighted by molar-refractivity contribution is 6.99. The van der Waals surface area contributed by atoms with E-state index in [-0.39, 0.29) is 0 Å². The van der Waals surface area contributed by atoms with E-state index >= 15 is 0 Å². The first-order chi connectivity index (χ1) is 24.3. The Labute approximate surface area is 289 Å². The lowest BCUT2D eigenvalue weighted by Gasteiger charge is -2.21. The monoisotopic (exact) mass is 639 g/mol. The van der Waals surface area contributed by atoms with E-state index in [1.54, 1.807) is 0 Å². The van der Waals surface area contributed by atoms with Gasteiger partial charge in [0.15, 0.2) is 0 Å². The summed E-state index contributed by atoms with van der Waals surface area (Å²) in [5.41, 5.74) is 10.2. The molecule has 0 spiro atoms. The molecule has 4 heteroatoms. The topological polar surface area (TPSA) is 38.7 Å². The van der Waals surface area contributed by atoms with E-state index in [1.165, 1.54) is 46.7 Å². The maximum Gasteiger partial charge on any atom is 0.393 e. The van der Waals surface area contributed by atoms with Gasteiger partial charge < -0.3 is 0 Å². The predicted molar refractivity (Wildman–Crippen MR) is 206 cm³/mol. The van der Waals surface area contributed by atoms with Gasteiger partial charge in [0.05, 0.1) is 16.6 Å². The van der Waals surface area contributed by atoms with Crippen molar-refractivity contribution in [1.29, 1.82) is 0 Å². The molecule has 0 aliphatic rings. The molecule has 3 nitrogen and oxygen atoms in total. The van der Waals surface area contributed by atoms with Crippen LogP contribution < -0.4 is 13.3 Å². The molecule has 3 heterocycles. The van der Waals surface area contributed by atoms with Gasteiger partial charge in [-0.1, -0.05) is 159 Å². The van der Waals surface area contributed by atoms with Crippen molar-refractivity contribution in [3.05, 3.63) is 182 Å². The molecular formula is C45H30AlN3. The lowest BCUT2D eigenvalue weighted by Crippen LogP contribution is -2.53. The van der Waals surface area contributed by atoms with Crippen molar-refractivity contribution in [1.82, 2.24) is 15.0 Å². The summed E-state index contributed by atoms with van der Waals surface area (Å²) in [6, 6.07) is 58.5. The first-order valence-corrected chi connectivity index (χ1v) is 18.4. The quantitative estimate of drug-likeness (QED) is 0.171. The third-order valence-electron chi connectivity index (χ3n) is 9.59. The molecule has 49 heavy (non-hydrogen) atoms. The number of aromatic nitrogens is 3. The van der Waals surface area contributed by atoms with Crippen LogP contribution in [0.2, 0.25) is 0 Å². The second-order valence-electron chi connectivity index (χ2n) is 12.3. The highest BCUT2D eigenvalue weighted by Crippen LogP contribution is 2.31. The number of fused-ring (bicyclic) bond motifs is 3. The zero-order valence-electron chi connectivity index (χ0n) is 26.7. The summed E-state index contributed by atoms with van der Waals surface area (Å²) in [4.78, 5) is 15.4.